The van der Waals surface area contributed by atoms with Gasteiger partial charge in [0.25, 0.3) is 0 Å². The third-order valence-electron chi connectivity index (χ3n) is 3.47. The Kier molecular flexibility index (Phi) is 5.04. The average molecular weight is 260 g/mol. The zero-order valence-electron chi connectivity index (χ0n) is 12.7. The van der Waals surface area contributed by atoms with Gasteiger partial charge in [0.05, 0.1) is 6.42 Å². The molecule has 1 aromatic rings. The van der Waals surface area contributed by atoms with Gasteiger partial charge < -0.3 is 0 Å². The van der Waals surface area contributed by atoms with Crippen molar-refractivity contribution < 1.29 is 9.59 Å². The van der Waals surface area contributed by atoms with E-state index in [1.807, 2.05) is 32.9 Å². The van der Waals surface area contributed by atoms with E-state index >= 15 is 0 Å². The van der Waals surface area contributed by atoms with Crippen LogP contribution in [0.2, 0.25) is 0 Å². The summed E-state index contributed by atoms with van der Waals surface area (Å²) in [5.74, 6) is -0.0477. The van der Waals surface area contributed by atoms with Crippen LogP contribution in [-0.2, 0) is 17.6 Å². The van der Waals surface area contributed by atoms with E-state index in [0.29, 0.717) is 0 Å². The van der Waals surface area contributed by atoms with Crippen molar-refractivity contribution in [1.82, 2.24) is 0 Å². The molecule has 0 aliphatic heterocycles. The lowest BCUT2D eigenvalue weighted by molar-refractivity contribution is -0.125. The summed E-state index contributed by atoms with van der Waals surface area (Å²) < 4.78 is 0. The van der Waals surface area contributed by atoms with Crippen molar-refractivity contribution in [2.24, 2.45) is 5.41 Å². The summed E-state index contributed by atoms with van der Waals surface area (Å²) in [6, 6.07) is 5.81. The lowest BCUT2D eigenvalue weighted by Gasteiger charge is -2.17. The van der Waals surface area contributed by atoms with Gasteiger partial charge in [-0.3, -0.25) is 9.59 Å². The third-order valence-corrected chi connectivity index (χ3v) is 3.47. The zero-order chi connectivity index (χ0) is 14.6. The lowest BCUT2D eigenvalue weighted by atomic mass is 9.85. The Labute approximate surface area is 116 Å². The van der Waals surface area contributed by atoms with Gasteiger partial charge in [0.2, 0.25) is 0 Å². The average Bonchev–Trinajstić information content (AvgIpc) is 2.36. The second-order valence-electron chi connectivity index (χ2n) is 5.92. The van der Waals surface area contributed by atoms with Gasteiger partial charge in [-0.25, -0.2) is 0 Å². The summed E-state index contributed by atoms with van der Waals surface area (Å²) in [4.78, 5) is 24.3. The highest BCUT2D eigenvalue weighted by atomic mass is 16.1. The van der Waals surface area contributed by atoms with Gasteiger partial charge in [0.1, 0.15) is 5.78 Å². The van der Waals surface area contributed by atoms with Gasteiger partial charge in [0, 0.05) is 11.0 Å². The molecule has 0 radical (unpaired) electrons. The molecule has 0 aliphatic carbocycles. The number of hydrogen-bond donors (Lipinski definition) is 0. The van der Waals surface area contributed by atoms with Crippen LogP contribution in [-0.4, -0.2) is 11.6 Å². The number of Topliss-reactive ketones (excluding diaryl/α,β-unsaturated/α-hetero) is 2. The van der Waals surface area contributed by atoms with Crippen LogP contribution in [0.15, 0.2) is 18.2 Å². The monoisotopic (exact) mass is 260 g/mol. The van der Waals surface area contributed by atoms with Crippen LogP contribution >= 0.6 is 0 Å². The molecule has 2 nitrogen and oxygen atoms in total. The van der Waals surface area contributed by atoms with Crippen molar-refractivity contribution in [2.75, 3.05) is 0 Å². The summed E-state index contributed by atoms with van der Waals surface area (Å²) >= 11 is 0. The Hall–Kier alpha value is -1.44. The molecule has 0 unspecified atom stereocenters. The largest absolute Gasteiger partial charge is 0.299 e. The van der Waals surface area contributed by atoms with Crippen molar-refractivity contribution in [3.8, 4) is 0 Å². The first-order valence-corrected chi connectivity index (χ1v) is 6.98. The van der Waals surface area contributed by atoms with Gasteiger partial charge in [-0.2, -0.15) is 0 Å². The molecule has 0 heterocycles. The van der Waals surface area contributed by atoms with Gasteiger partial charge in [-0.05, 0) is 24.0 Å². The van der Waals surface area contributed by atoms with E-state index in [4.69, 9.17) is 0 Å². The second-order valence-corrected chi connectivity index (χ2v) is 5.92. The Morgan fingerprint density at radius 2 is 1.68 bits per heavy atom. The van der Waals surface area contributed by atoms with E-state index in [9.17, 15) is 9.59 Å². The molecule has 0 bridgehead atoms. The third kappa shape index (κ3) is 3.76. The van der Waals surface area contributed by atoms with Gasteiger partial charge in [-0.15, -0.1) is 0 Å². The molecule has 0 N–H and O–H groups in total. The smallest absolute Gasteiger partial charge is 0.170 e. The van der Waals surface area contributed by atoms with Crippen LogP contribution in [0.1, 0.15) is 62.5 Å². The van der Waals surface area contributed by atoms with E-state index in [2.05, 4.69) is 19.9 Å². The molecule has 104 valence electrons. The summed E-state index contributed by atoms with van der Waals surface area (Å²) in [5.41, 5.74) is 2.57. The maximum absolute atomic E-state index is 12.3. The number of rotatable bonds is 5. The van der Waals surface area contributed by atoms with Crippen LogP contribution in [0.4, 0.5) is 0 Å². The molecule has 0 aliphatic rings. The minimum absolute atomic E-state index is 0.00135. The molecule has 0 fully saturated rings. The van der Waals surface area contributed by atoms with Gasteiger partial charge in [0.15, 0.2) is 5.78 Å². The van der Waals surface area contributed by atoms with Crippen molar-refractivity contribution in [3.63, 3.8) is 0 Å². The SMILES string of the molecule is CCc1cccc(C(=O)CC(=O)C(C)(C)C)c1CC. The highest BCUT2D eigenvalue weighted by Crippen LogP contribution is 2.22. The number of carbonyl (C=O) groups is 2. The second kappa shape index (κ2) is 6.14. The van der Waals surface area contributed by atoms with E-state index < -0.39 is 5.41 Å². The topological polar surface area (TPSA) is 34.1 Å². The molecular weight excluding hydrogens is 236 g/mol. The van der Waals surface area contributed by atoms with Gasteiger partial charge >= 0.3 is 0 Å². The molecule has 0 atom stereocenters. The first-order chi connectivity index (χ1) is 8.81. The van der Waals surface area contributed by atoms with E-state index in [0.717, 1.165) is 24.0 Å². The van der Waals surface area contributed by atoms with Crippen LogP contribution in [0, 0.1) is 5.41 Å². The van der Waals surface area contributed by atoms with E-state index in [-0.39, 0.29) is 18.0 Å². The predicted molar refractivity (Wildman–Crippen MR) is 78.6 cm³/mol. The maximum atomic E-state index is 12.3. The van der Waals surface area contributed by atoms with Crippen LogP contribution in [0.25, 0.3) is 0 Å². The minimum Gasteiger partial charge on any atom is -0.299 e. The summed E-state index contributed by atoms with van der Waals surface area (Å²) in [6.45, 7) is 9.70. The molecule has 0 spiro atoms. The Bertz CT molecular complexity index is 479. The van der Waals surface area contributed by atoms with Crippen molar-refractivity contribution in [3.05, 3.63) is 34.9 Å². The number of hydrogen-bond acceptors (Lipinski definition) is 2. The minimum atomic E-state index is -0.454. The fourth-order valence-electron chi connectivity index (χ4n) is 2.15. The normalized spacial score (nSPS) is 11.4. The number of ketones is 2. The fourth-order valence-corrected chi connectivity index (χ4v) is 2.15. The molecule has 2 heteroatoms. The predicted octanol–water partition coefficient (Wildman–Crippen LogP) is 4.00. The molecule has 1 rings (SSSR count). The highest BCUT2D eigenvalue weighted by Gasteiger charge is 2.25. The molecule has 1 aromatic carbocycles. The maximum Gasteiger partial charge on any atom is 0.170 e. The molecule has 0 amide bonds. The first-order valence-electron chi connectivity index (χ1n) is 6.98. The Morgan fingerprint density at radius 3 is 2.16 bits per heavy atom. The highest BCUT2D eigenvalue weighted by molar-refractivity contribution is 6.10. The van der Waals surface area contributed by atoms with E-state index in [1.165, 1.54) is 5.56 Å². The number of carbonyl (C=O) groups excluding carboxylic acids is 2. The molecule has 0 aromatic heterocycles. The number of aryl methyl sites for hydroxylation is 1. The fraction of sp³-hybridized carbons (Fsp3) is 0.529. The molecule has 0 saturated carbocycles. The van der Waals surface area contributed by atoms with Crippen LogP contribution < -0.4 is 0 Å². The molecular formula is C17H24O2. The van der Waals surface area contributed by atoms with Crippen molar-refractivity contribution in [2.45, 2.75) is 53.9 Å². The number of benzene rings is 1. The lowest BCUT2D eigenvalue weighted by Crippen LogP contribution is -2.23. The Balaban J connectivity index is 3.04. The van der Waals surface area contributed by atoms with E-state index in [1.54, 1.807) is 0 Å². The molecule has 19 heavy (non-hydrogen) atoms. The summed E-state index contributed by atoms with van der Waals surface area (Å²) in [7, 11) is 0. The molecule has 0 saturated heterocycles. The summed E-state index contributed by atoms with van der Waals surface area (Å²) in [6.07, 6.45) is 1.75. The van der Waals surface area contributed by atoms with Crippen molar-refractivity contribution in [1.29, 1.82) is 0 Å². The Morgan fingerprint density at radius 1 is 1.05 bits per heavy atom. The summed E-state index contributed by atoms with van der Waals surface area (Å²) in [5, 5.41) is 0. The zero-order valence-corrected chi connectivity index (χ0v) is 12.7. The quantitative estimate of drug-likeness (QED) is 0.592. The van der Waals surface area contributed by atoms with Crippen molar-refractivity contribution >= 4 is 11.6 Å². The van der Waals surface area contributed by atoms with Gasteiger partial charge in [-0.1, -0.05) is 52.8 Å². The first kappa shape index (κ1) is 15.6. The van der Waals surface area contributed by atoms with Crippen LogP contribution in [0.5, 0.6) is 0 Å². The standard InChI is InChI=1S/C17H24O2/c1-6-12-9-8-10-14(13(12)7-2)15(18)11-16(19)17(3,4)5/h8-10H,6-7,11H2,1-5H3. The van der Waals surface area contributed by atoms with Crippen LogP contribution in [0.3, 0.4) is 0 Å².